The summed E-state index contributed by atoms with van der Waals surface area (Å²) in [5, 5.41) is 10.9. The van der Waals surface area contributed by atoms with Crippen LogP contribution in [0.2, 0.25) is 0 Å². The minimum atomic E-state index is -2.09. The number of hydrogen-bond acceptors (Lipinski definition) is 7. The molecule has 5 unspecified atom stereocenters. The van der Waals surface area contributed by atoms with E-state index in [4.69, 9.17) is 9.15 Å². The van der Waals surface area contributed by atoms with E-state index in [1.165, 1.54) is 30.5 Å². The molecule has 1 aromatic rings. The zero-order valence-corrected chi connectivity index (χ0v) is 21.3. The second kappa shape index (κ2) is 8.38. The molecule has 5 rings (SSSR count). The Morgan fingerprint density at radius 3 is 2.72 bits per heavy atom. The molecule has 4 aliphatic rings. The van der Waals surface area contributed by atoms with E-state index in [-0.39, 0.29) is 18.0 Å². The van der Waals surface area contributed by atoms with E-state index in [1.54, 1.807) is 26.8 Å². The zero-order valence-electron chi connectivity index (χ0n) is 20.5. The number of alkyl halides is 2. The third kappa shape index (κ3) is 3.08. The number of esters is 1. The number of thioether (sulfide) groups is 1. The monoisotopic (exact) mass is 520 g/mol. The number of carbonyl (C=O) groups is 3. The average molecular weight is 521 g/mol. The molecule has 3 fully saturated rings. The van der Waals surface area contributed by atoms with Gasteiger partial charge in [-0.3, -0.25) is 9.59 Å². The van der Waals surface area contributed by atoms with Crippen LogP contribution in [0.1, 0.15) is 57.0 Å². The van der Waals surface area contributed by atoms with E-state index < -0.39 is 63.0 Å². The summed E-state index contributed by atoms with van der Waals surface area (Å²) in [7, 11) is 0. The van der Waals surface area contributed by atoms with Crippen LogP contribution in [0.5, 0.6) is 0 Å². The first-order chi connectivity index (χ1) is 17.0. The number of ether oxygens (including phenoxy) is 1. The smallest absolute Gasteiger partial charge is 0.375 e. The largest absolute Gasteiger partial charge is 0.457 e. The van der Waals surface area contributed by atoms with Crippen molar-refractivity contribution in [3.8, 4) is 0 Å². The fraction of sp³-hybridized carbons (Fsp3) is 0.593. The predicted molar refractivity (Wildman–Crippen MR) is 128 cm³/mol. The molecule has 0 amide bonds. The number of fused-ring (bicyclic) bond motifs is 5. The summed E-state index contributed by atoms with van der Waals surface area (Å²) in [4.78, 5) is 38.7. The third-order valence-corrected chi connectivity index (χ3v) is 10.3. The van der Waals surface area contributed by atoms with Gasteiger partial charge in [0.1, 0.15) is 6.01 Å². The molecule has 36 heavy (non-hydrogen) atoms. The van der Waals surface area contributed by atoms with E-state index in [0.29, 0.717) is 36.6 Å². The molecule has 6 nitrogen and oxygen atoms in total. The molecule has 3 saturated carbocycles. The number of allylic oxidation sites excluding steroid dienone is 4. The summed E-state index contributed by atoms with van der Waals surface area (Å²) in [5.41, 5.74) is -5.55. The van der Waals surface area contributed by atoms with E-state index in [2.05, 4.69) is 0 Å². The fourth-order valence-corrected chi connectivity index (χ4v) is 8.76. The number of aliphatic hydroxyl groups is 1. The number of rotatable bonds is 4. The Kier molecular flexibility index (Phi) is 5.91. The maximum atomic E-state index is 17.4. The molecule has 8 atom stereocenters. The summed E-state index contributed by atoms with van der Waals surface area (Å²) < 4.78 is 42.0. The van der Waals surface area contributed by atoms with Crippen LogP contribution in [-0.4, -0.2) is 45.4 Å². The quantitative estimate of drug-likeness (QED) is 0.560. The highest BCUT2D eigenvalue weighted by Gasteiger charge is 2.77. The molecule has 4 aliphatic carbocycles. The van der Waals surface area contributed by atoms with Gasteiger partial charge in [-0.2, -0.15) is 0 Å². The molecule has 1 N–H and O–H groups in total. The standard InChI is InChI=1S/C27H30F2O6S/c1-15-11-19-18-7-6-16-12-17(30)8-9-24(16,2)26(18,29)21(31)13-25(19,3)27(15,23(33)36-14-28)35-22(32)20-5-4-10-34-20/h4-5,8-10,12,15,18-19,21,31H,6-7,11,13-14H2,1-3H3/t15-,18?,19?,21?,24?,25?,26+,27+/m1/s1. The van der Waals surface area contributed by atoms with Crippen molar-refractivity contribution in [1.29, 1.82) is 0 Å². The van der Waals surface area contributed by atoms with Gasteiger partial charge < -0.3 is 14.3 Å². The Morgan fingerprint density at radius 1 is 1.31 bits per heavy atom. The first kappa shape index (κ1) is 25.4. The maximum absolute atomic E-state index is 17.4. The number of hydrogen-bond donors (Lipinski definition) is 1. The van der Waals surface area contributed by atoms with Crippen molar-refractivity contribution in [3.63, 3.8) is 0 Å². The topological polar surface area (TPSA) is 93.8 Å². The number of halogens is 2. The van der Waals surface area contributed by atoms with E-state index >= 15 is 4.39 Å². The lowest BCUT2D eigenvalue weighted by molar-refractivity contribution is -0.216. The predicted octanol–water partition coefficient (Wildman–Crippen LogP) is 4.98. The number of carbonyl (C=O) groups excluding carboxylic acids is 3. The summed E-state index contributed by atoms with van der Waals surface area (Å²) >= 11 is 0.425. The van der Waals surface area contributed by atoms with E-state index in [0.717, 1.165) is 0 Å². The lowest BCUT2D eigenvalue weighted by Gasteiger charge is -2.62. The van der Waals surface area contributed by atoms with Crippen LogP contribution < -0.4 is 0 Å². The zero-order chi connectivity index (χ0) is 26.1. The van der Waals surface area contributed by atoms with Gasteiger partial charge >= 0.3 is 5.97 Å². The van der Waals surface area contributed by atoms with Gasteiger partial charge in [-0.15, -0.1) is 0 Å². The number of furan rings is 1. The lowest BCUT2D eigenvalue weighted by atomic mass is 9.45. The molecule has 0 aromatic carbocycles. The van der Waals surface area contributed by atoms with Gasteiger partial charge in [0, 0.05) is 22.7 Å². The van der Waals surface area contributed by atoms with Crippen LogP contribution in [0.15, 0.2) is 46.6 Å². The van der Waals surface area contributed by atoms with Crippen molar-refractivity contribution < 1.29 is 37.4 Å². The normalized spacial score (nSPS) is 43.3. The molecular weight excluding hydrogens is 490 g/mol. The highest BCUT2D eigenvalue weighted by molar-refractivity contribution is 8.13. The van der Waals surface area contributed by atoms with Gasteiger partial charge in [0.05, 0.1) is 12.4 Å². The Hall–Kier alpha value is -2.26. The second-order valence-electron chi connectivity index (χ2n) is 11.0. The SMILES string of the molecule is C[C@@H]1CC2C3CCC4=CC(=O)C=CC4(C)[C@@]3(F)C(O)CC2(C)[C@@]1(OC(=O)c1ccco1)C(=O)SCF. The van der Waals surface area contributed by atoms with Crippen LogP contribution in [0.4, 0.5) is 8.78 Å². The minimum absolute atomic E-state index is 0.0974. The van der Waals surface area contributed by atoms with Crippen LogP contribution in [0, 0.1) is 28.6 Å². The number of ketones is 1. The van der Waals surface area contributed by atoms with Crippen molar-refractivity contribution in [2.75, 3.05) is 6.01 Å². The summed E-state index contributed by atoms with van der Waals surface area (Å²) in [6.07, 6.45) is 5.22. The first-order valence-corrected chi connectivity index (χ1v) is 13.3. The first-order valence-electron chi connectivity index (χ1n) is 12.3. The Bertz CT molecular complexity index is 1160. The van der Waals surface area contributed by atoms with Gasteiger partial charge in [0.2, 0.25) is 10.9 Å². The number of aliphatic hydroxyl groups excluding tert-OH is 1. The molecule has 194 valence electrons. The highest BCUT2D eigenvalue weighted by atomic mass is 32.2. The minimum Gasteiger partial charge on any atom is -0.457 e. The van der Waals surface area contributed by atoms with Crippen molar-refractivity contribution >= 4 is 28.6 Å². The Morgan fingerprint density at radius 2 is 2.06 bits per heavy atom. The average Bonchev–Trinajstić information content (AvgIpc) is 3.43. The Labute approximate surface area is 212 Å². The van der Waals surface area contributed by atoms with Crippen LogP contribution in [0.25, 0.3) is 0 Å². The van der Waals surface area contributed by atoms with Crippen molar-refractivity contribution in [2.24, 2.45) is 28.6 Å². The van der Waals surface area contributed by atoms with E-state index in [9.17, 15) is 23.9 Å². The van der Waals surface area contributed by atoms with Crippen molar-refractivity contribution in [1.82, 2.24) is 0 Å². The molecule has 1 heterocycles. The molecular formula is C27H30F2O6S. The van der Waals surface area contributed by atoms with Gasteiger partial charge in [0.25, 0.3) is 0 Å². The molecule has 1 aromatic heterocycles. The van der Waals surface area contributed by atoms with Gasteiger partial charge in [0.15, 0.2) is 17.1 Å². The molecule has 0 spiro atoms. The third-order valence-electron chi connectivity index (χ3n) is 9.65. The molecule has 0 bridgehead atoms. The van der Waals surface area contributed by atoms with E-state index in [1.807, 2.05) is 0 Å². The van der Waals surface area contributed by atoms with Crippen molar-refractivity contribution in [3.05, 3.63) is 48.0 Å². The Balaban J connectivity index is 1.61. The van der Waals surface area contributed by atoms with Gasteiger partial charge in [-0.05, 0) is 74.6 Å². The molecule has 0 saturated heterocycles. The van der Waals surface area contributed by atoms with Gasteiger partial charge in [-0.1, -0.05) is 25.5 Å². The summed E-state index contributed by atoms with van der Waals surface area (Å²) in [6, 6.07) is 1.93. The van der Waals surface area contributed by atoms with Crippen LogP contribution in [0.3, 0.4) is 0 Å². The molecule has 0 aliphatic heterocycles. The summed E-state index contributed by atoms with van der Waals surface area (Å²) in [6.45, 7) is 5.23. The van der Waals surface area contributed by atoms with Crippen molar-refractivity contribution in [2.45, 2.75) is 63.8 Å². The molecule has 9 heteroatoms. The lowest BCUT2D eigenvalue weighted by Crippen LogP contribution is -2.69. The highest BCUT2D eigenvalue weighted by Crippen LogP contribution is 2.71. The summed E-state index contributed by atoms with van der Waals surface area (Å²) in [5.74, 6) is -2.81. The fourth-order valence-electron chi connectivity index (χ4n) is 7.97. The van der Waals surface area contributed by atoms with Crippen LogP contribution in [-0.2, 0) is 14.3 Å². The maximum Gasteiger partial charge on any atom is 0.375 e. The molecule has 0 radical (unpaired) electrons. The van der Waals surface area contributed by atoms with Gasteiger partial charge in [-0.25, -0.2) is 13.6 Å². The second-order valence-corrected chi connectivity index (χ2v) is 11.9. The van der Waals surface area contributed by atoms with Crippen LogP contribution >= 0.6 is 11.8 Å².